The molecule has 0 unspecified atom stereocenters. The molecule has 4 N–H and O–H groups in total. The number of carbonyl (C=O) groups is 1. The van der Waals surface area contributed by atoms with Crippen molar-refractivity contribution >= 4 is 12.2 Å². The van der Waals surface area contributed by atoms with Gasteiger partial charge in [-0.15, -0.1) is 0 Å². The molecule has 1 aromatic heterocycles. The summed E-state index contributed by atoms with van der Waals surface area (Å²) in [6, 6.07) is -0.663. The first kappa shape index (κ1) is 10.3. The minimum Gasteiger partial charge on any atom is -0.362 e. The molecule has 0 aliphatic carbocycles. The van der Waals surface area contributed by atoms with Crippen LogP contribution >= 0.6 is 0 Å². The maximum absolute atomic E-state index is 10.4. The molecular formula is C9H14N4O. The van der Waals surface area contributed by atoms with Crippen molar-refractivity contribution in [2.24, 2.45) is 10.8 Å². The molecule has 2 amide bonds. The quantitative estimate of drug-likeness (QED) is 0.475. The van der Waals surface area contributed by atoms with Gasteiger partial charge < -0.3 is 10.7 Å². The van der Waals surface area contributed by atoms with Crippen molar-refractivity contribution in [3.63, 3.8) is 0 Å². The van der Waals surface area contributed by atoms with Crippen LogP contribution in [0, 0.1) is 20.8 Å². The third-order valence-electron chi connectivity index (χ3n) is 2.11. The van der Waals surface area contributed by atoms with E-state index in [-0.39, 0.29) is 0 Å². The average molecular weight is 194 g/mol. The summed E-state index contributed by atoms with van der Waals surface area (Å²) in [5, 5.41) is 3.71. The van der Waals surface area contributed by atoms with Gasteiger partial charge in [0, 0.05) is 17.0 Å². The lowest BCUT2D eigenvalue weighted by molar-refractivity contribution is 0.249. The fourth-order valence-corrected chi connectivity index (χ4v) is 1.28. The Kier molecular flexibility index (Phi) is 2.91. The number of H-pyrrole nitrogens is 1. The standard InChI is InChI=1S/C9H14N4O/c1-5-6(2)12-7(3)8(5)4-11-13-9(10)14/h4,12H,1-3H3,(H3,10,13,14)/b11-4+. The highest BCUT2D eigenvalue weighted by atomic mass is 16.2. The van der Waals surface area contributed by atoms with Crippen LogP contribution in [0.3, 0.4) is 0 Å². The first-order chi connectivity index (χ1) is 6.52. The van der Waals surface area contributed by atoms with Crippen LogP contribution in [-0.4, -0.2) is 17.2 Å². The third-order valence-corrected chi connectivity index (χ3v) is 2.11. The lowest BCUT2D eigenvalue weighted by Gasteiger charge is -1.94. The summed E-state index contributed by atoms with van der Waals surface area (Å²) in [5.74, 6) is 0. The molecule has 0 aromatic carbocycles. The zero-order valence-corrected chi connectivity index (χ0v) is 8.51. The van der Waals surface area contributed by atoms with Crippen LogP contribution in [0.15, 0.2) is 5.10 Å². The van der Waals surface area contributed by atoms with Crippen molar-refractivity contribution in [1.29, 1.82) is 0 Å². The van der Waals surface area contributed by atoms with E-state index in [1.54, 1.807) is 6.21 Å². The van der Waals surface area contributed by atoms with Gasteiger partial charge in [-0.25, -0.2) is 10.2 Å². The van der Waals surface area contributed by atoms with Gasteiger partial charge in [0.25, 0.3) is 0 Å². The summed E-state index contributed by atoms with van der Waals surface area (Å²) in [6.45, 7) is 5.93. The second-order valence-electron chi connectivity index (χ2n) is 3.15. The van der Waals surface area contributed by atoms with Gasteiger partial charge in [-0.1, -0.05) is 0 Å². The molecule has 5 heteroatoms. The maximum atomic E-state index is 10.4. The second kappa shape index (κ2) is 3.95. The number of rotatable bonds is 2. The number of hydrogen-bond donors (Lipinski definition) is 3. The number of primary amides is 1. The number of carbonyl (C=O) groups excluding carboxylic acids is 1. The molecule has 0 bridgehead atoms. The van der Waals surface area contributed by atoms with Crippen molar-refractivity contribution < 1.29 is 4.79 Å². The van der Waals surface area contributed by atoms with Crippen LogP contribution in [0.2, 0.25) is 0 Å². The number of hydrazone groups is 1. The van der Waals surface area contributed by atoms with E-state index >= 15 is 0 Å². The summed E-state index contributed by atoms with van der Waals surface area (Å²) < 4.78 is 0. The largest absolute Gasteiger partial charge is 0.362 e. The van der Waals surface area contributed by atoms with Crippen LogP contribution in [0.4, 0.5) is 4.79 Å². The first-order valence-corrected chi connectivity index (χ1v) is 4.26. The van der Waals surface area contributed by atoms with E-state index in [1.165, 1.54) is 0 Å². The minimum absolute atomic E-state index is 0.663. The zero-order chi connectivity index (χ0) is 10.7. The molecule has 0 saturated heterocycles. The maximum Gasteiger partial charge on any atom is 0.332 e. The Morgan fingerprint density at radius 2 is 2.07 bits per heavy atom. The highest BCUT2D eigenvalue weighted by Gasteiger charge is 2.05. The van der Waals surface area contributed by atoms with Crippen molar-refractivity contribution in [2.45, 2.75) is 20.8 Å². The SMILES string of the molecule is Cc1[nH]c(C)c(/C=N/NC(N)=O)c1C. The van der Waals surface area contributed by atoms with E-state index < -0.39 is 6.03 Å². The van der Waals surface area contributed by atoms with Crippen LogP contribution < -0.4 is 11.2 Å². The fraction of sp³-hybridized carbons (Fsp3) is 0.333. The molecule has 0 atom stereocenters. The Bertz CT molecular complexity index is 378. The lowest BCUT2D eigenvalue weighted by atomic mass is 10.1. The molecule has 0 aliphatic rings. The smallest absolute Gasteiger partial charge is 0.332 e. The van der Waals surface area contributed by atoms with Crippen molar-refractivity contribution in [2.75, 3.05) is 0 Å². The Balaban J connectivity index is 2.86. The molecule has 1 aromatic rings. The Morgan fingerprint density at radius 3 is 2.50 bits per heavy atom. The Hall–Kier alpha value is -1.78. The number of hydrogen-bond acceptors (Lipinski definition) is 2. The molecule has 76 valence electrons. The number of urea groups is 1. The summed E-state index contributed by atoms with van der Waals surface area (Å²) in [7, 11) is 0. The Morgan fingerprint density at radius 1 is 1.43 bits per heavy atom. The lowest BCUT2D eigenvalue weighted by Crippen LogP contribution is -2.24. The van der Waals surface area contributed by atoms with Gasteiger partial charge in [-0.05, 0) is 26.3 Å². The van der Waals surface area contributed by atoms with E-state index in [0.29, 0.717) is 0 Å². The second-order valence-corrected chi connectivity index (χ2v) is 3.15. The zero-order valence-electron chi connectivity index (χ0n) is 8.51. The van der Waals surface area contributed by atoms with E-state index in [1.807, 2.05) is 20.8 Å². The highest BCUT2D eigenvalue weighted by molar-refractivity contribution is 5.85. The van der Waals surface area contributed by atoms with E-state index in [0.717, 1.165) is 22.5 Å². The van der Waals surface area contributed by atoms with Crippen LogP contribution in [0.5, 0.6) is 0 Å². The van der Waals surface area contributed by atoms with Crippen molar-refractivity contribution in [3.05, 3.63) is 22.5 Å². The molecule has 5 nitrogen and oxygen atoms in total. The van der Waals surface area contributed by atoms with E-state index in [9.17, 15) is 4.79 Å². The molecule has 1 heterocycles. The first-order valence-electron chi connectivity index (χ1n) is 4.26. The highest BCUT2D eigenvalue weighted by Crippen LogP contribution is 2.14. The fourth-order valence-electron chi connectivity index (χ4n) is 1.28. The normalized spacial score (nSPS) is 10.8. The van der Waals surface area contributed by atoms with Crippen LogP contribution in [0.25, 0.3) is 0 Å². The minimum atomic E-state index is -0.663. The Labute approximate surface area is 82.4 Å². The molecule has 1 rings (SSSR count). The summed E-state index contributed by atoms with van der Waals surface area (Å²) in [4.78, 5) is 13.5. The molecule has 0 spiro atoms. The molecule has 0 saturated carbocycles. The van der Waals surface area contributed by atoms with Gasteiger partial charge in [0.05, 0.1) is 6.21 Å². The number of amides is 2. The van der Waals surface area contributed by atoms with Gasteiger partial charge >= 0.3 is 6.03 Å². The average Bonchev–Trinajstić information content (AvgIpc) is 2.31. The summed E-state index contributed by atoms with van der Waals surface area (Å²) in [6.07, 6.45) is 1.58. The number of aromatic amines is 1. The topological polar surface area (TPSA) is 83.3 Å². The third kappa shape index (κ3) is 2.12. The van der Waals surface area contributed by atoms with Gasteiger partial charge in [0.15, 0.2) is 0 Å². The van der Waals surface area contributed by atoms with E-state index in [2.05, 4.69) is 15.5 Å². The number of nitrogens with two attached hydrogens (primary N) is 1. The number of aromatic nitrogens is 1. The van der Waals surface area contributed by atoms with Gasteiger partial charge in [0.1, 0.15) is 0 Å². The molecule has 0 radical (unpaired) electrons. The van der Waals surface area contributed by atoms with Crippen molar-refractivity contribution in [1.82, 2.24) is 10.4 Å². The van der Waals surface area contributed by atoms with Crippen LogP contribution in [0.1, 0.15) is 22.5 Å². The molecule has 14 heavy (non-hydrogen) atoms. The number of aryl methyl sites for hydroxylation is 2. The molecule has 0 aliphatic heterocycles. The van der Waals surface area contributed by atoms with Gasteiger partial charge in [-0.3, -0.25) is 0 Å². The van der Waals surface area contributed by atoms with Crippen molar-refractivity contribution in [3.8, 4) is 0 Å². The van der Waals surface area contributed by atoms with Gasteiger partial charge in [0.2, 0.25) is 0 Å². The predicted molar refractivity (Wildman–Crippen MR) is 55.3 cm³/mol. The molecular weight excluding hydrogens is 180 g/mol. The van der Waals surface area contributed by atoms with Crippen LogP contribution in [-0.2, 0) is 0 Å². The predicted octanol–water partition coefficient (Wildman–Crippen LogP) is 0.942. The summed E-state index contributed by atoms with van der Waals surface area (Å²) in [5.41, 5.74) is 11.2. The monoisotopic (exact) mass is 194 g/mol. The number of nitrogens with zero attached hydrogens (tertiary/aromatic N) is 1. The molecule has 0 fully saturated rings. The summed E-state index contributed by atoms with van der Waals surface area (Å²) >= 11 is 0. The number of nitrogens with one attached hydrogen (secondary N) is 2. The van der Waals surface area contributed by atoms with Gasteiger partial charge in [-0.2, -0.15) is 5.10 Å². The van der Waals surface area contributed by atoms with E-state index in [4.69, 9.17) is 5.73 Å².